The number of hydrogen-bond acceptors (Lipinski definition) is 21. The SMILES string of the molecule is CC(=O)C=C(C)O.Cc1cc(-c2ccccn2)[n-]n1.Cc1cc(-c2ccccn2)[n-]n1.Cc1cccc2nc(-c3[c-]cccc3)ccc12.Cc1n[n-]c(-c2ccccn2)n1.[CH-]=O.[CH-]=O.[Ir].[Ir].[Ir].[Os].[Pt+2].[Pt].[c-]1ccccc1-c1nccc2ccccc12.[c-]1ccccc1-c1nccc2ccccc12.c1ccc(N(c2cccc(-c3nccs3)n2)c2cccc(-c3nccs3)n2)cc1. The van der Waals surface area contributed by atoms with E-state index in [2.05, 4.69) is 175 Å². The van der Waals surface area contributed by atoms with Crippen molar-refractivity contribution in [1.82, 2.24) is 85.4 Å². The molecular weight excluding hydrogens is 2750 g/mol. The van der Waals surface area contributed by atoms with E-state index in [0.29, 0.717) is 11.6 Å². The molecule has 3 radical (unpaired) electrons. The van der Waals surface area contributed by atoms with Crippen LogP contribution in [0.15, 0.2) is 363 Å². The maximum Gasteiger partial charge on any atom is 2.00 e. The maximum absolute atomic E-state index is 10.0. The summed E-state index contributed by atoms with van der Waals surface area (Å²) < 4.78 is 0. The number of nitrogens with zero attached hydrogens (tertiary/aromatic N) is 18. The predicted molar refractivity (Wildman–Crippen MR) is 497 cm³/mol. The van der Waals surface area contributed by atoms with Gasteiger partial charge in [-0.1, -0.05) is 145 Å². The standard InChI is InChI=1S/C22H15N5S2.C16H12N.2C15H10N.2C9H8N3.C8H7N4.C5H8O2.2CHO.3Ir.Os.2Pt/c1-2-6-16(7-3-1)27(19-10-4-8-17(25-19)21-23-12-14-28-21)20-11-5-9-18(26-20)22-24-13-15-29-22;1-12-6-5-9-16-14(12)10-11-15(17-16)13-7-3-2-4-8-13;2*1-2-7-13(8-3-1)15-14-9-5-4-6-12(14)10-11-16-15;2*1-7-6-9(12-11-7)8-4-2-3-5-10-8;1-6-10-8(12-11-6)7-4-2-3-5-9-7;1-4(6)3-5(2)7;2*1-2;;;;;;/h1-15H;2-7,9-11H,1H3;2*1-7,9-11H;2*2-6H,1H3;2-5H,1H3;3,6H,1-2H3;2*1H;;;;;;/q;6*-1;;2*-1;;;;;;+2. The van der Waals surface area contributed by atoms with Gasteiger partial charge >= 0.3 is 21.1 Å². The van der Waals surface area contributed by atoms with Gasteiger partial charge in [0, 0.05) is 201 Å². The number of carbonyl (C=O) groups is 1. The Morgan fingerprint density at radius 2 is 0.832 bits per heavy atom. The second-order valence-electron chi connectivity index (χ2n) is 26.5. The van der Waals surface area contributed by atoms with Crippen LogP contribution in [0.2, 0.25) is 0 Å². The third-order valence-electron chi connectivity index (χ3n) is 17.5. The van der Waals surface area contributed by atoms with Crippen molar-refractivity contribution in [3.8, 4) is 89.5 Å². The minimum atomic E-state index is -0.125. The number of allylic oxidation sites excluding steroid dienone is 2. The van der Waals surface area contributed by atoms with E-state index < -0.39 is 0 Å². The van der Waals surface area contributed by atoms with E-state index in [1.807, 2.05) is 278 Å². The predicted octanol–water partition coefficient (Wildman–Crippen LogP) is 21.7. The zero-order chi connectivity index (χ0) is 87.8. The van der Waals surface area contributed by atoms with Gasteiger partial charge in [0.1, 0.15) is 33.0 Å². The number of hydrogen-bond donors (Lipinski definition) is 1. The molecule has 20 rings (SSSR count). The summed E-state index contributed by atoms with van der Waals surface area (Å²) in [4.78, 5) is 76.2. The third kappa shape index (κ3) is 33.2. The summed E-state index contributed by atoms with van der Waals surface area (Å²) in [6.45, 7) is 17.1. The number of carbonyl (C=O) groups excluding carboxylic acids is 3. The molecule has 0 fully saturated rings. The number of aromatic nitrogens is 17. The number of anilines is 3. The van der Waals surface area contributed by atoms with Crippen LogP contribution in [0, 0.1) is 45.9 Å². The average molecular weight is 2830 g/mol. The molecule has 131 heavy (non-hydrogen) atoms. The first-order valence-electron chi connectivity index (χ1n) is 38.8. The van der Waals surface area contributed by atoms with Gasteiger partial charge in [0.2, 0.25) is 0 Å². The molecule has 13 heterocycles. The van der Waals surface area contributed by atoms with Crippen LogP contribution in [0.5, 0.6) is 0 Å². The minimum absolute atomic E-state index is 0. The minimum Gasteiger partial charge on any atom is -0.574 e. The summed E-state index contributed by atoms with van der Waals surface area (Å²) in [6, 6.07) is 107. The molecule has 7 aromatic carbocycles. The summed E-state index contributed by atoms with van der Waals surface area (Å²) in [6.07, 6.45) is 13.7. The first-order valence-corrected chi connectivity index (χ1v) is 40.5. The first-order chi connectivity index (χ1) is 61.3. The summed E-state index contributed by atoms with van der Waals surface area (Å²) in [5, 5.41) is 43.5. The zero-order valence-electron chi connectivity index (χ0n) is 70.7. The molecule has 671 valence electrons. The number of aliphatic hydroxyl groups is 1. The van der Waals surface area contributed by atoms with Crippen LogP contribution < -0.4 is 20.2 Å². The Kier molecular flexibility index (Phi) is 49.2. The summed E-state index contributed by atoms with van der Waals surface area (Å²) in [5.41, 5.74) is 17.1. The summed E-state index contributed by atoms with van der Waals surface area (Å²) in [5.74, 6) is 2.77. The van der Waals surface area contributed by atoms with Gasteiger partial charge in [-0.05, 0) is 183 Å². The molecule has 20 aromatic rings. The second-order valence-corrected chi connectivity index (χ2v) is 28.3. The Balaban J connectivity index is 0.000000269. The summed E-state index contributed by atoms with van der Waals surface area (Å²) >= 11 is 3.15. The monoisotopic (exact) mass is 2830 g/mol. The largest absolute Gasteiger partial charge is 2.00 e. The van der Waals surface area contributed by atoms with Crippen molar-refractivity contribution >= 4 is 91.8 Å². The van der Waals surface area contributed by atoms with Crippen LogP contribution in [0.1, 0.15) is 36.6 Å². The van der Waals surface area contributed by atoms with Crippen molar-refractivity contribution in [2.24, 2.45) is 0 Å². The Bertz CT molecular complexity index is 6290. The molecule has 0 bridgehead atoms. The molecule has 30 heteroatoms. The van der Waals surface area contributed by atoms with Gasteiger partial charge in [-0.2, -0.15) is 0 Å². The molecule has 0 aliphatic carbocycles. The fourth-order valence-electron chi connectivity index (χ4n) is 12.0. The van der Waals surface area contributed by atoms with Gasteiger partial charge in [0.25, 0.3) is 0 Å². The van der Waals surface area contributed by atoms with Crippen molar-refractivity contribution in [3.05, 3.63) is 404 Å². The molecule has 0 aliphatic rings. The van der Waals surface area contributed by atoms with Gasteiger partial charge in [-0.25, -0.2) is 19.9 Å². The van der Waals surface area contributed by atoms with E-state index in [-0.39, 0.29) is 134 Å². The van der Waals surface area contributed by atoms with Gasteiger partial charge in [-0.15, -0.1) is 130 Å². The Labute approximate surface area is 850 Å². The molecule has 1 N–H and O–H groups in total. The number of rotatable bonds is 12. The smallest absolute Gasteiger partial charge is 0.574 e. The number of pyridine rings is 8. The third-order valence-corrected chi connectivity index (χ3v) is 19.1. The van der Waals surface area contributed by atoms with Crippen LogP contribution in [0.4, 0.5) is 17.3 Å². The fraction of sp³-hybridized carbons (Fsp3) is 0.0594. The van der Waals surface area contributed by atoms with Crippen LogP contribution in [0.25, 0.3) is 122 Å². The van der Waals surface area contributed by atoms with Crippen molar-refractivity contribution in [2.75, 3.05) is 4.90 Å². The zero-order valence-corrected chi connectivity index (χ0v) is 86.6. The topological polar surface area (TPSA) is 297 Å². The van der Waals surface area contributed by atoms with Crippen LogP contribution in [0.3, 0.4) is 0 Å². The molecule has 13 aromatic heterocycles. The van der Waals surface area contributed by atoms with Crippen molar-refractivity contribution < 1.29 is 142 Å². The van der Waals surface area contributed by atoms with Crippen molar-refractivity contribution in [1.29, 1.82) is 0 Å². The van der Waals surface area contributed by atoms with Crippen molar-refractivity contribution in [2.45, 2.75) is 41.5 Å². The Hall–Kier alpha value is -12.3. The van der Waals surface area contributed by atoms with Crippen LogP contribution >= 0.6 is 22.7 Å². The van der Waals surface area contributed by atoms with E-state index in [9.17, 15) is 4.79 Å². The number of aryl methyl sites for hydroxylation is 4. The maximum atomic E-state index is 10.0. The van der Waals surface area contributed by atoms with Gasteiger partial charge < -0.3 is 55.1 Å². The van der Waals surface area contributed by atoms with Gasteiger partial charge in [0.15, 0.2) is 5.78 Å². The molecule has 0 amide bonds. The Morgan fingerprint density at radius 3 is 1.23 bits per heavy atom. The second kappa shape index (κ2) is 59.1. The van der Waals surface area contributed by atoms with Crippen LogP contribution in [-0.2, 0) is 137 Å². The molecule has 22 nitrogen and oxygen atoms in total. The molecule has 0 atom stereocenters. The normalized spacial score (nSPS) is 9.77. The van der Waals surface area contributed by atoms with E-state index in [4.69, 9.17) is 24.7 Å². The molecule has 0 spiro atoms. The Morgan fingerprint density at radius 1 is 0.397 bits per heavy atom. The number of benzene rings is 7. The quantitative estimate of drug-likeness (QED) is 0.0514. The number of ketones is 1. The number of aliphatic hydroxyl groups excluding tert-OH is 1. The van der Waals surface area contributed by atoms with Gasteiger partial charge in [0.05, 0.1) is 17.0 Å². The fourth-order valence-corrected chi connectivity index (χ4v) is 13.2. The molecule has 0 aliphatic heterocycles. The van der Waals surface area contributed by atoms with E-state index in [0.717, 1.165) is 118 Å². The molecule has 0 saturated carbocycles. The molecular formula is C101H80Ir3N18O4OsPt2S2-6. The number of fused-ring (bicyclic) bond motifs is 3. The number of para-hydroxylation sites is 1. The van der Waals surface area contributed by atoms with E-state index >= 15 is 0 Å². The summed E-state index contributed by atoms with van der Waals surface area (Å²) in [7, 11) is 0. The van der Waals surface area contributed by atoms with Crippen molar-refractivity contribution in [3.63, 3.8) is 0 Å². The van der Waals surface area contributed by atoms with E-state index in [1.54, 1.807) is 60.6 Å². The van der Waals surface area contributed by atoms with Crippen LogP contribution in [-0.4, -0.2) is 94.6 Å². The molecule has 0 unspecified atom stereocenters. The number of thiazole rings is 2. The average Bonchev–Trinajstić information content (AvgIpc) is 1.64. The van der Waals surface area contributed by atoms with E-state index in [1.165, 1.54) is 52.4 Å². The first kappa shape index (κ1) is 109. The molecule has 0 saturated heterocycles. The van der Waals surface area contributed by atoms with Gasteiger partial charge in [-0.3, -0.25) is 48.3 Å².